The van der Waals surface area contributed by atoms with Gasteiger partial charge in [0.25, 0.3) is 0 Å². The lowest BCUT2D eigenvalue weighted by atomic mass is 9.68. The zero-order chi connectivity index (χ0) is 14.4. The molecule has 0 aliphatic heterocycles. The van der Waals surface area contributed by atoms with Crippen LogP contribution in [0.4, 0.5) is 0 Å². The van der Waals surface area contributed by atoms with Crippen LogP contribution in [0.15, 0.2) is 22.7 Å². The minimum Gasteiger partial charge on any atom is -0.496 e. The van der Waals surface area contributed by atoms with E-state index >= 15 is 0 Å². The molecule has 0 saturated heterocycles. The Bertz CT molecular complexity index is 421. The molecule has 0 atom stereocenters. The molecule has 20 heavy (non-hydrogen) atoms. The highest BCUT2D eigenvalue weighted by molar-refractivity contribution is 9.10. The van der Waals surface area contributed by atoms with Crippen LogP contribution in [0.5, 0.6) is 5.75 Å². The van der Waals surface area contributed by atoms with Gasteiger partial charge in [0.15, 0.2) is 0 Å². The van der Waals surface area contributed by atoms with E-state index in [9.17, 15) is 0 Å². The van der Waals surface area contributed by atoms with E-state index in [1.807, 2.05) is 0 Å². The van der Waals surface area contributed by atoms with Gasteiger partial charge < -0.3 is 10.5 Å². The van der Waals surface area contributed by atoms with Crippen LogP contribution in [0.1, 0.15) is 50.5 Å². The Morgan fingerprint density at radius 2 is 1.95 bits per heavy atom. The van der Waals surface area contributed by atoms with Crippen molar-refractivity contribution < 1.29 is 4.74 Å². The van der Waals surface area contributed by atoms with Crippen LogP contribution in [0.3, 0.4) is 0 Å². The third-order valence-corrected chi connectivity index (χ3v) is 5.37. The summed E-state index contributed by atoms with van der Waals surface area (Å²) in [6.07, 6.45) is 10.5. The maximum Gasteiger partial charge on any atom is 0.133 e. The van der Waals surface area contributed by atoms with Crippen LogP contribution in [0.25, 0.3) is 0 Å². The molecule has 0 heterocycles. The molecular weight excluding hydrogens is 314 g/mol. The molecule has 0 bridgehead atoms. The van der Waals surface area contributed by atoms with Crippen molar-refractivity contribution in [3.05, 3.63) is 28.2 Å². The number of nitrogens with two attached hydrogens (primary N) is 1. The average molecular weight is 340 g/mol. The number of ether oxygens (including phenoxy) is 1. The van der Waals surface area contributed by atoms with Crippen molar-refractivity contribution in [2.45, 2.75) is 51.4 Å². The number of methoxy groups -OCH3 is 1. The second-order valence-electron chi connectivity index (χ2n) is 6.07. The van der Waals surface area contributed by atoms with Crippen LogP contribution in [0, 0.1) is 5.41 Å². The van der Waals surface area contributed by atoms with Gasteiger partial charge in [0.1, 0.15) is 5.75 Å². The first-order chi connectivity index (χ1) is 9.69. The zero-order valence-corrected chi connectivity index (χ0v) is 14.0. The second-order valence-corrected chi connectivity index (χ2v) is 6.92. The summed E-state index contributed by atoms with van der Waals surface area (Å²) in [5, 5.41) is 0. The molecule has 0 unspecified atom stereocenters. The Morgan fingerprint density at radius 3 is 2.55 bits per heavy atom. The van der Waals surface area contributed by atoms with E-state index in [0.717, 1.165) is 23.2 Å². The zero-order valence-electron chi connectivity index (χ0n) is 12.5. The van der Waals surface area contributed by atoms with E-state index in [4.69, 9.17) is 10.5 Å². The molecule has 3 heteroatoms. The van der Waals surface area contributed by atoms with Gasteiger partial charge in [-0.05, 0) is 77.7 Å². The highest BCUT2D eigenvalue weighted by Crippen LogP contribution is 2.43. The first-order valence-electron chi connectivity index (χ1n) is 7.72. The van der Waals surface area contributed by atoms with Crippen LogP contribution >= 0.6 is 15.9 Å². The molecule has 1 aliphatic rings. The summed E-state index contributed by atoms with van der Waals surface area (Å²) < 4.78 is 6.34. The van der Waals surface area contributed by atoms with Gasteiger partial charge in [0.2, 0.25) is 0 Å². The fourth-order valence-corrected chi connectivity index (χ4v) is 4.10. The third kappa shape index (κ3) is 3.98. The summed E-state index contributed by atoms with van der Waals surface area (Å²) in [5.41, 5.74) is 7.74. The number of aryl methyl sites for hydroxylation is 1. The molecule has 0 amide bonds. The van der Waals surface area contributed by atoms with Crippen molar-refractivity contribution >= 4 is 15.9 Å². The number of hydrogen-bond donors (Lipinski definition) is 1. The third-order valence-electron chi connectivity index (χ3n) is 4.75. The van der Waals surface area contributed by atoms with Gasteiger partial charge in [0.05, 0.1) is 11.6 Å². The topological polar surface area (TPSA) is 35.2 Å². The molecule has 1 saturated carbocycles. The van der Waals surface area contributed by atoms with Crippen molar-refractivity contribution in [2.24, 2.45) is 11.1 Å². The van der Waals surface area contributed by atoms with E-state index < -0.39 is 0 Å². The van der Waals surface area contributed by atoms with Gasteiger partial charge in [-0.3, -0.25) is 0 Å². The molecular formula is C17H26BrNO. The molecule has 2 nitrogen and oxygen atoms in total. The van der Waals surface area contributed by atoms with Crippen molar-refractivity contribution in [1.29, 1.82) is 0 Å². The predicted molar refractivity (Wildman–Crippen MR) is 88.2 cm³/mol. The Labute approximate surface area is 131 Å². The van der Waals surface area contributed by atoms with E-state index in [-0.39, 0.29) is 0 Å². The summed E-state index contributed by atoms with van der Waals surface area (Å²) in [4.78, 5) is 0. The lowest BCUT2D eigenvalue weighted by molar-refractivity contribution is 0.161. The summed E-state index contributed by atoms with van der Waals surface area (Å²) in [5.74, 6) is 0.906. The van der Waals surface area contributed by atoms with E-state index in [1.54, 1.807) is 7.11 Å². The van der Waals surface area contributed by atoms with Gasteiger partial charge in [-0.15, -0.1) is 0 Å². The largest absolute Gasteiger partial charge is 0.496 e. The SMILES string of the molecule is COc1ccc(CCC2(CCN)CCCCC2)cc1Br. The Hall–Kier alpha value is -0.540. The molecule has 1 aromatic carbocycles. The minimum absolute atomic E-state index is 0.499. The monoisotopic (exact) mass is 339 g/mol. The van der Waals surface area contributed by atoms with Gasteiger partial charge in [-0.25, -0.2) is 0 Å². The summed E-state index contributed by atoms with van der Waals surface area (Å²) in [7, 11) is 1.71. The first-order valence-corrected chi connectivity index (χ1v) is 8.51. The lowest BCUT2D eigenvalue weighted by Crippen LogP contribution is -2.28. The quantitative estimate of drug-likeness (QED) is 0.815. The van der Waals surface area contributed by atoms with Crippen LogP contribution < -0.4 is 10.5 Å². The molecule has 0 radical (unpaired) electrons. The lowest BCUT2D eigenvalue weighted by Gasteiger charge is -2.37. The van der Waals surface area contributed by atoms with Crippen molar-refractivity contribution in [2.75, 3.05) is 13.7 Å². The smallest absolute Gasteiger partial charge is 0.133 e. The van der Waals surface area contributed by atoms with Crippen LogP contribution in [-0.4, -0.2) is 13.7 Å². The Morgan fingerprint density at radius 1 is 1.20 bits per heavy atom. The van der Waals surface area contributed by atoms with Crippen molar-refractivity contribution in [3.63, 3.8) is 0 Å². The minimum atomic E-state index is 0.499. The van der Waals surface area contributed by atoms with Gasteiger partial charge in [-0.1, -0.05) is 25.3 Å². The van der Waals surface area contributed by atoms with Crippen LogP contribution in [0.2, 0.25) is 0 Å². The molecule has 112 valence electrons. The normalized spacial score (nSPS) is 17.9. The molecule has 1 aliphatic carbocycles. The molecule has 2 rings (SSSR count). The second kappa shape index (κ2) is 7.46. The maximum atomic E-state index is 5.85. The van der Waals surface area contributed by atoms with Crippen molar-refractivity contribution in [1.82, 2.24) is 0 Å². The molecule has 2 N–H and O–H groups in total. The maximum absolute atomic E-state index is 5.85. The average Bonchev–Trinajstić information content (AvgIpc) is 2.47. The molecule has 1 aromatic rings. The Kier molecular flexibility index (Phi) is 5.91. The fraction of sp³-hybridized carbons (Fsp3) is 0.647. The fourth-order valence-electron chi connectivity index (χ4n) is 3.51. The summed E-state index contributed by atoms with van der Waals surface area (Å²) >= 11 is 3.57. The number of benzene rings is 1. The van der Waals surface area contributed by atoms with E-state index in [1.165, 1.54) is 50.5 Å². The van der Waals surface area contributed by atoms with E-state index in [2.05, 4.69) is 34.1 Å². The van der Waals surface area contributed by atoms with Gasteiger partial charge in [-0.2, -0.15) is 0 Å². The molecule has 0 aromatic heterocycles. The molecule has 0 spiro atoms. The highest BCUT2D eigenvalue weighted by Gasteiger charge is 2.30. The standard InChI is InChI=1S/C17H26BrNO/c1-20-16-6-5-14(13-15(16)18)7-10-17(11-12-19)8-3-2-4-9-17/h5-6,13H,2-4,7-12,19H2,1H3. The number of rotatable bonds is 6. The predicted octanol–water partition coefficient (Wildman–Crippen LogP) is 4.69. The Balaban J connectivity index is 2.00. The highest BCUT2D eigenvalue weighted by atomic mass is 79.9. The summed E-state index contributed by atoms with van der Waals surface area (Å²) in [6, 6.07) is 6.43. The first kappa shape index (κ1) is 15.8. The number of hydrogen-bond acceptors (Lipinski definition) is 2. The molecule has 1 fully saturated rings. The van der Waals surface area contributed by atoms with E-state index in [0.29, 0.717) is 5.41 Å². The van der Waals surface area contributed by atoms with Crippen molar-refractivity contribution in [3.8, 4) is 5.75 Å². The van der Waals surface area contributed by atoms with Gasteiger partial charge in [0, 0.05) is 0 Å². The number of halogens is 1. The van der Waals surface area contributed by atoms with Gasteiger partial charge >= 0.3 is 0 Å². The summed E-state index contributed by atoms with van der Waals surface area (Å²) in [6.45, 7) is 0.826. The van der Waals surface area contributed by atoms with Crippen LogP contribution in [-0.2, 0) is 6.42 Å².